The predicted octanol–water partition coefficient (Wildman–Crippen LogP) is 3.19. The highest BCUT2D eigenvalue weighted by atomic mass is 127. The molecule has 0 aliphatic carbocycles. The first-order chi connectivity index (χ1) is 9.61. The zero-order valence-corrected chi connectivity index (χ0v) is 15.6. The fourth-order valence-electron chi connectivity index (χ4n) is 2.30. The average Bonchev–Trinajstić information content (AvgIpc) is 2.86. The van der Waals surface area contributed by atoms with Crippen molar-refractivity contribution >= 4 is 41.5 Å². The lowest BCUT2D eigenvalue weighted by molar-refractivity contribution is 0.0243. The van der Waals surface area contributed by atoms with Crippen LogP contribution in [0.2, 0.25) is 5.02 Å². The van der Waals surface area contributed by atoms with Gasteiger partial charge in [0.1, 0.15) is 0 Å². The maximum absolute atomic E-state index is 5.97. The Kier molecular flexibility index (Phi) is 7.76. The summed E-state index contributed by atoms with van der Waals surface area (Å²) in [6, 6.07) is 7.80. The smallest absolute Gasteiger partial charge is 0.191 e. The molecular formula is C15H23ClIN3O. The minimum atomic E-state index is -0.0757. The molecule has 0 aromatic heterocycles. The Morgan fingerprint density at radius 2 is 2.24 bits per heavy atom. The number of ether oxygens (including phenoxy) is 1. The predicted molar refractivity (Wildman–Crippen MR) is 98.7 cm³/mol. The fourth-order valence-corrected chi connectivity index (χ4v) is 2.51. The Morgan fingerprint density at radius 3 is 2.86 bits per heavy atom. The Labute approximate surface area is 148 Å². The van der Waals surface area contributed by atoms with Gasteiger partial charge in [-0.05, 0) is 37.5 Å². The standard InChI is InChI=1S/C15H22ClN3O.HI/c1-15(7-4-8-20-15)11-19-14(17-2)18-10-12-5-3-6-13(16)9-12;/h3,5-6,9H,4,7-8,10-11H2,1-2H3,(H2,17,18,19);1H. The van der Waals surface area contributed by atoms with E-state index >= 15 is 0 Å². The van der Waals surface area contributed by atoms with Gasteiger partial charge in [-0.2, -0.15) is 0 Å². The first-order valence-corrected chi connectivity index (χ1v) is 7.32. The number of nitrogens with one attached hydrogen (secondary N) is 2. The number of benzene rings is 1. The van der Waals surface area contributed by atoms with Crippen LogP contribution in [-0.4, -0.2) is 31.8 Å². The monoisotopic (exact) mass is 423 g/mol. The van der Waals surface area contributed by atoms with Gasteiger partial charge in [-0.25, -0.2) is 0 Å². The van der Waals surface area contributed by atoms with Crippen molar-refractivity contribution in [3.63, 3.8) is 0 Å². The van der Waals surface area contributed by atoms with Crippen molar-refractivity contribution in [2.24, 2.45) is 4.99 Å². The first-order valence-electron chi connectivity index (χ1n) is 6.94. The number of hydrogen-bond acceptors (Lipinski definition) is 2. The lowest BCUT2D eigenvalue weighted by Gasteiger charge is -2.24. The van der Waals surface area contributed by atoms with Gasteiger partial charge < -0.3 is 15.4 Å². The third-order valence-electron chi connectivity index (χ3n) is 3.50. The zero-order chi connectivity index (χ0) is 14.4. The molecule has 1 aromatic rings. The number of hydrogen-bond donors (Lipinski definition) is 2. The molecule has 2 N–H and O–H groups in total. The SMILES string of the molecule is CN=C(NCc1cccc(Cl)c1)NCC1(C)CCCO1.I. The molecule has 1 atom stereocenters. The van der Waals surface area contributed by atoms with Gasteiger partial charge in [-0.15, -0.1) is 24.0 Å². The molecule has 0 amide bonds. The highest BCUT2D eigenvalue weighted by Gasteiger charge is 2.29. The lowest BCUT2D eigenvalue weighted by Crippen LogP contribution is -2.45. The molecule has 6 heteroatoms. The number of aliphatic imine (C=N–C) groups is 1. The second-order valence-corrected chi connectivity index (χ2v) is 5.75. The molecule has 1 aromatic carbocycles. The second-order valence-electron chi connectivity index (χ2n) is 5.31. The van der Waals surface area contributed by atoms with Gasteiger partial charge in [0.25, 0.3) is 0 Å². The molecule has 21 heavy (non-hydrogen) atoms. The molecule has 1 heterocycles. The molecule has 2 rings (SSSR count). The normalized spacial score (nSPS) is 21.8. The van der Waals surface area contributed by atoms with Crippen molar-refractivity contribution in [2.75, 3.05) is 20.2 Å². The molecule has 4 nitrogen and oxygen atoms in total. The largest absolute Gasteiger partial charge is 0.373 e. The van der Waals surface area contributed by atoms with Crippen LogP contribution >= 0.6 is 35.6 Å². The third-order valence-corrected chi connectivity index (χ3v) is 3.74. The van der Waals surface area contributed by atoms with Crippen LogP contribution in [0.1, 0.15) is 25.3 Å². The van der Waals surface area contributed by atoms with Gasteiger partial charge in [0.05, 0.1) is 5.60 Å². The van der Waals surface area contributed by atoms with E-state index in [-0.39, 0.29) is 29.6 Å². The van der Waals surface area contributed by atoms with E-state index in [0.717, 1.165) is 42.5 Å². The molecule has 0 bridgehead atoms. The maximum Gasteiger partial charge on any atom is 0.191 e. The summed E-state index contributed by atoms with van der Waals surface area (Å²) in [5.41, 5.74) is 1.05. The van der Waals surface area contributed by atoms with E-state index in [1.807, 2.05) is 24.3 Å². The number of halogens is 2. The topological polar surface area (TPSA) is 45.7 Å². The van der Waals surface area contributed by atoms with E-state index < -0.39 is 0 Å². The van der Waals surface area contributed by atoms with Crippen molar-refractivity contribution in [1.82, 2.24) is 10.6 Å². The van der Waals surface area contributed by atoms with Crippen LogP contribution in [0.4, 0.5) is 0 Å². The lowest BCUT2D eigenvalue weighted by atomic mass is 10.0. The number of rotatable bonds is 4. The number of nitrogens with zero attached hydrogens (tertiary/aromatic N) is 1. The summed E-state index contributed by atoms with van der Waals surface area (Å²) < 4.78 is 5.75. The molecule has 118 valence electrons. The van der Waals surface area contributed by atoms with Gasteiger partial charge in [0, 0.05) is 31.8 Å². The van der Waals surface area contributed by atoms with Gasteiger partial charge >= 0.3 is 0 Å². The van der Waals surface area contributed by atoms with E-state index in [0.29, 0.717) is 6.54 Å². The minimum Gasteiger partial charge on any atom is -0.373 e. The molecule has 0 radical (unpaired) electrons. The van der Waals surface area contributed by atoms with Crippen molar-refractivity contribution in [2.45, 2.75) is 31.9 Å². The maximum atomic E-state index is 5.97. The highest BCUT2D eigenvalue weighted by molar-refractivity contribution is 14.0. The molecule has 1 fully saturated rings. The summed E-state index contributed by atoms with van der Waals surface area (Å²) in [5.74, 6) is 0.779. The van der Waals surface area contributed by atoms with Gasteiger partial charge in [0.15, 0.2) is 5.96 Å². The van der Waals surface area contributed by atoms with E-state index in [9.17, 15) is 0 Å². The Morgan fingerprint density at radius 1 is 1.43 bits per heavy atom. The summed E-state index contributed by atoms with van der Waals surface area (Å²) in [7, 11) is 1.77. The Hall–Kier alpha value is -0.530. The van der Waals surface area contributed by atoms with E-state index in [1.165, 1.54) is 0 Å². The van der Waals surface area contributed by atoms with E-state index in [2.05, 4.69) is 22.5 Å². The molecule has 1 saturated heterocycles. The van der Waals surface area contributed by atoms with Crippen molar-refractivity contribution in [1.29, 1.82) is 0 Å². The highest BCUT2D eigenvalue weighted by Crippen LogP contribution is 2.23. The van der Waals surface area contributed by atoms with Crippen LogP contribution in [-0.2, 0) is 11.3 Å². The molecule has 1 aliphatic rings. The fraction of sp³-hybridized carbons (Fsp3) is 0.533. The van der Waals surface area contributed by atoms with Crippen LogP contribution in [0.25, 0.3) is 0 Å². The van der Waals surface area contributed by atoms with Crippen molar-refractivity contribution < 1.29 is 4.74 Å². The zero-order valence-electron chi connectivity index (χ0n) is 12.5. The summed E-state index contributed by atoms with van der Waals surface area (Å²) in [6.07, 6.45) is 2.22. The summed E-state index contributed by atoms with van der Waals surface area (Å²) in [5, 5.41) is 7.35. The molecule has 1 aliphatic heterocycles. The molecule has 1 unspecified atom stereocenters. The van der Waals surface area contributed by atoms with Crippen LogP contribution < -0.4 is 10.6 Å². The Bertz CT molecular complexity index is 476. The second kappa shape index (κ2) is 8.80. The summed E-state index contributed by atoms with van der Waals surface area (Å²) in [6.45, 7) is 4.45. The van der Waals surface area contributed by atoms with Crippen LogP contribution in [0.15, 0.2) is 29.3 Å². The van der Waals surface area contributed by atoms with Crippen molar-refractivity contribution in [3.05, 3.63) is 34.9 Å². The molecule has 0 saturated carbocycles. The van der Waals surface area contributed by atoms with E-state index in [1.54, 1.807) is 7.05 Å². The number of guanidine groups is 1. The van der Waals surface area contributed by atoms with Crippen LogP contribution in [0.5, 0.6) is 0 Å². The summed E-state index contributed by atoms with van der Waals surface area (Å²) >= 11 is 5.97. The van der Waals surface area contributed by atoms with Crippen LogP contribution in [0.3, 0.4) is 0 Å². The van der Waals surface area contributed by atoms with Crippen molar-refractivity contribution in [3.8, 4) is 0 Å². The van der Waals surface area contributed by atoms with Gasteiger partial charge in [0.2, 0.25) is 0 Å². The Balaban J connectivity index is 0.00000220. The van der Waals surface area contributed by atoms with Gasteiger partial charge in [-0.3, -0.25) is 4.99 Å². The average molecular weight is 424 g/mol. The van der Waals surface area contributed by atoms with Crippen LogP contribution in [0, 0.1) is 0 Å². The summed E-state index contributed by atoms with van der Waals surface area (Å²) in [4.78, 5) is 4.22. The quantitative estimate of drug-likeness (QED) is 0.444. The van der Waals surface area contributed by atoms with E-state index in [4.69, 9.17) is 16.3 Å². The molecular weight excluding hydrogens is 401 g/mol. The first kappa shape index (κ1) is 18.5. The van der Waals surface area contributed by atoms with Gasteiger partial charge in [-0.1, -0.05) is 23.7 Å². The molecule has 0 spiro atoms. The minimum absolute atomic E-state index is 0. The third kappa shape index (κ3) is 6.00.